The van der Waals surface area contributed by atoms with Crippen molar-refractivity contribution < 1.29 is 33.8 Å². The highest BCUT2D eigenvalue weighted by Crippen LogP contribution is 2.65. The Labute approximate surface area is 299 Å². The Morgan fingerprint density at radius 2 is 1.72 bits per heavy atom. The highest BCUT2D eigenvalue weighted by Gasteiger charge is 2.70. The maximum Gasteiger partial charge on any atom is 0.260 e. The number of hydrazine groups is 1. The number of carbonyl (C=O) groups excluding carboxylic acids is 4. The number of benzene rings is 3. The number of anilines is 1. The third-order valence-electron chi connectivity index (χ3n) is 10.7. The number of imide groups is 2. The largest absolute Gasteiger partial charge is 0.497 e. The predicted octanol–water partition coefficient (Wildman–Crippen LogP) is 5.77. The Bertz CT molecular complexity index is 1900. The van der Waals surface area contributed by atoms with Gasteiger partial charge in [-0.05, 0) is 67.1 Å². The smallest absolute Gasteiger partial charge is 0.260 e. The maximum atomic E-state index is 15.4. The average molecular weight is 719 g/mol. The first-order valence-corrected chi connectivity index (χ1v) is 17.5. The van der Waals surface area contributed by atoms with Crippen molar-refractivity contribution in [3.8, 4) is 11.5 Å². The van der Waals surface area contributed by atoms with Crippen LogP contribution in [0.2, 0.25) is 10.0 Å². The van der Waals surface area contributed by atoms with Crippen molar-refractivity contribution in [3.63, 3.8) is 0 Å². The molecule has 7 rings (SSSR count). The first-order chi connectivity index (χ1) is 24.2. The molecule has 2 N–H and O–H groups in total. The zero-order valence-electron chi connectivity index (χ0n) is 27.6. The summed E-state index contributed by atoms with van der Waals surface area (Å²) in [6.45, 7) is 2.02. The molecule has 1 saturated carbocycles. The first kappa shape index (κ1) is 34.1. The summed E-state index contributed by atoms with van der Waals surface area (Å²) in [6.07, 6.45) is 3.12. The lowest BCUT2D eigenvalue weighted by Gasteiger charge is -2.50. The molecule has 2 aliphatic carbocycles. The number of carbonyl (C=O) groups is 4. The number of halogens is 2. The molecule has 10 nitrogen and oxygen atoms in total. The van der Waals surface area contributed by atoms with Gasteiger partial charge in [-0.25, -0.2) is 0 Å². The van der Waals surface area contributed by atoms with Crippen molar-refractivity contribution in [1.82, 2.24) is 9.91 Å². The van der Waals surface area contributed by atoms with Crippen molar-refractivity contribution in [3.05, 3.63) is 99.6 Å². The zero-order valence-corrected chi connectivity index (χ0v) is 29.1. The quantitative estimate of drug-likeness (QED) is 0.200. The van der Waals surface area contributed by atoms with E-state index in [4.69, 9.17) is 32.7 Å². The molecule has 3 aromatic rings. The van der Waals surface area contributed by atoms with E-state index in [1.54, 1.807) is 55.6 Å². The van der Waals surface area contributed by atoms with E-state index < -0.39 is 46.8 Å². The minimum atomic E-state index is -1.52. The number of likely N-dealkylation sites (tertiary alicyclic amines) is 1. The molecule has 3 fully saturated rings. The lowest BCUT2D eigenvalue weighted by molar-refractivity contribution is -0.141. The van der Waals surface area contributed by atoms with Crippen molar-refractivity contribution in [2.75, 3.05) is 32.3 Å². The predicted molar refractivity (Wildman–Crippen MR) is 187 cm³/mol. The van der Waals surface area contributed by atoms with Crippen molar-refractivity contribution >= 4 is 52.5 Å². The molecule has 2 aliphatic heterocycles. The van der Waals surface area contributed by atoms with Crippen LogP contribution < -0.4 is 14.9 Å². The minimum absolute atomic E-state index is 0.00443. The number of hydrogen-bond acceptors (Lipinski definition) is 8. The molecule has 12 heteroatoms. The lowest BCUT2D eigenvalue weighted by atomic mass is 9.49. The number of aliphatic hydroxyl groups excluding tert-OH is 1. The van der Waals surface area contributed by atoms with E-state index in [2.05, 4.69) is 5.43 Å². The van der Waals surface area contributed by atoms with Gasteiger partial charge >= 0.3 is 0 Å². The third-order valence-corrected chi connectivity index (χ3v) is 11.2. The highest BCUT2D eigenvalue weighted by atomic mass is 35.5. The van der Waals surface area contributed by atoms with Crippen LogP contribution in [0.25, 0.3) is 0 Å². The summed E-state index contributed by atoms with van der Waals surface area (Å²) in [4.78, 5) is 59.3. The molecule has 0 aromatic heterocycles. The van der Waals surface area contributed by atoms with Gasteiger partial charge < -0.3 is 14.6 Å². The summed E-state index contributed by atoms with van der Waals surface area (Å²) >= 11 is 12.7. The van der Waals surface area contributed by atoms with Crippen LogP contribution in [0.1, 0.15) is 43.2 Å². The summed E-state index contributed by atoms with van der Waals surface area (Å²) in [5.41, 5.74) is 3.82. The number of amides is 4. The van der Waals surface area contributed by atoms with Gasteiger partial charge in [0.05, 0.1) is 47.6 Å². The van der Waals surface area contributed by atoms with Crippen LogP contribution in [-0.2, 0) is 24.6 Å². The summed E-state index contributed by atoms with van der Waals surface area (Å²) in [7, 11) is 1.55. The zero-order chi connectivity index (χ0) is 35.3. The molecular weight excluding hydrogens is 681 g/mol. The number of methoxy groups -OCH3 is 1. The molecule has 0 unspecified atom stereocenters. The van der Waals surface area contributed by atoms with Crippen LogP contribution in [0, 0.1) is 23.7 Å². The number of nitrogens with one attached hydrogen (secondary N) is 1. The molecule has 4 aliphatic rings. The number of hydrogen-bond donors (Lipinski definition) is 2. The molecule has 6 atom stereocenters. The molecule has 2 heterocycles. The second-order valence-electron chi connectivity index (χ2n) is 13.2. The fraction of sp³-hybridized carbons (Fsp3) is 0.368. The van der Waals surface area contributed by atoms with E-state index in [0.29, 0.717) is 52.7 Å². The number of ether oxygens (including phenoxy) is 2. The highest BCUT2D eigenvalue weighted by molar-refractivity contribution is 6.36. The Kier molecular flexibility index (Phi) is 9.13. The monoisotopic (exact) mass is 717 g/mol. The number of fused-ring (bicyclic) bond motifs is 4. The molecule has 4 amide bonds. The van der Waals surface area contributed by atoms with Crippen molar-refractivity contribution in [2.24, 2.45) is 23.7 Å². The second-order valence-corrected chi connectivity index (χ2v) is 14.0. The fourth-order valence-electron chi connectivity index (χ4n) is 8.70. The Balaban J connectivity index is 1.47. The van der Waals surface area contributed by atoms with Gasteiger partial charge in [-0.3, -0.25) is 29.5 Å². The molecule has 260 valence electrons. The van der Waals surface area contributed by atoms with Gasteiger partial charge in [0.15, 0.2) is 0 Å². The van der Waals surface area contributed by atoms with Gasteiger partial charge in [-0.2, -0.15) is 5.01 Å². The first-order valence-electron chi connectivity index (χ1n) is 16.8. The Morgan fingerprint density at radius 3 is 2.42 bits per heavy atom. The van der Waals surface area contributed by atoms with Gasteiger partial charge in [0.1, 0.15) is 18.1 Å². The van der Waals surface area contributed by atoms with Gasteiger partial charge in [-0.1, -0.05) is 72.1 Å². The van der Waals surface area contributed by atoms with E-state index in [1.807, 2.05) is 25.1 Å². The lowest BCUT2D eigenvalue weighted by Crippen LogP contribution is -2.53. The van der Waals surface area contributed by atoms with Gasteiger partial charge in [0.2, 0.25) is 11.8 Å². The van der Waals surface area contributed by atoms with Crippen LogP contribution >= 0.6 is 23.2 Å². The van der Waals surface area contributed by atoms with Crippen molar-refractivity contribution in [1.29, 1.82) is 0 Å². The summed E-state index contributed by atoms with van der Waals surface area (Å²) in [5.74, 6) is -3.88. The van der Waals surface area contributed by atoms with Gasteiger partial charge in [0.25, 0.3) is 11.8 Å². The van der Waals surface area contributed by atoms with Crippen molar-refractivity contribution in [2.45, 2.75) is 37.5 Å². The van der Waals surface area contributed by atoms with E-state index in [0.717, 1.165) is 10.6 Å². The molecule has 0 radical (unpaired) electrons. The number of para-hydroxylation sites is 1. The van der Waals surface area contributed by atoms with E-state index in [9.17, 15) is 19.5 Å². The van der Waals surface area contributed by atoms with E-state index in [-0.39, 0.29) is 36.5 Å². The molecule has 50 heavy (non-hydrogen) atoms. The normalized spacial score (nSPS) is 27.1. The third kappa shape index (κ3) is 5.18. The van der Waals surface area contributed by atoms with E-state index >= 15 is 4.79 Å². The Morgan fingerprint density at radius 1 is 0.960 bits per heavy atom. The standard InChI is InChI=1S/C38H37Cl2N3O7/c1-3-16-42-34(45)26-14-13-24-27(32(26)36(42)47)20-28-35(46)43(41-30-15-10-22(39)19-29(30)40)37(48)38(28,21-8-11-23(49-2)12-9-21)33(24)25-6-4-5-7-31(25)50-18-17-44/h4-13,15,19,26-28,32-33,41,44H,3,14,16-18,20H2,1-2H3/t26-,27+,28-,32-,33+,38+/m0/s1. The molecule has 0 bridgehead atoms. The number of nitrogens with zero attached hydrogens (tertiary/aromatic N) is 2. The van der Waals surface area contributed by atoms with Crippen LogP contribution in [0.4, 0.5) is 5.69 Å². The Hall–Kier alpha value is -4.38. The topological polar surface area (TPSA) is 125 Å². The van der Waals surface area contributed by atoms with Crippen LogP contribution in [-0.4, -0.2) is 65.5 Å². The molecule has 2 saturated heterocycles. The summed E-state index contributed by atoms with van der Waals surface area (Å²) < 4.78 is 11.6. The van der Waals surface area contributed by atoms with E-state index in [1.165, 1.54) is 11.0 Å². The summed E-state index contributed by atoms with van der Waals surface area (Å²) in [5, 5.41) is 11.4. The number of aliphatic hydroxyl groups is 1. The number of allylic oxidation sites excluding steroid dienone is 2. The van der Waals surface area contributed by atoms with Crippen LogP contribution in [0.15, 0.2) is 78.4 Å². The minimum Gasteiger partial charge on any atom is -0.497 e. The molecule has 3 aromatic carbocycles. The van der Waals surface area contributed by atoms with Crippen LogP contribution in [0.3, 0.4) is 0 Å². The maximum absolute atomic E-state index is 15.4. The number of rotatable bonds is 10. The second kappa shape index (κ2) is 13.4. The van der Waals surface area contributed by atoms with Gasteiger partial charge in [-0.15, -0.1) is 0 Å². The molecule has 0 spiro atoms. The summed E-state index contributed by atoms with van der Waals surface area (Å²) in [6, 6.07) is 19.1. The average Bonchev–Trinajstić information content (AvgIpc) is 3.49. The fourth-order valence-corrected chi connectivity index (χ4v) is 9.15. The van der Waals surface area contributed by atoms with Gasteiger partial charge in [0, 0.05) is 23.0 Å². The molecular formula is C38H37Cl2N3O7. The van der Waals surface area contributed by atoms with Crippen LogP contribution in [0.5, 0.6) is 11.5 Å². The SMILES string of the molecule is CCCN1C(=O)[C@H]2[C@H](CC=C3[C@H]2C[C@H]2C(=O)N(Nc4ccc(Cl)cc4Cl)C(=O)[C@@]2(c2ccc(OC)cc2)[C@H]3c2ccccc2OCCO)C1=O.